The number of allylic oxidation sites excluding steroid dienone is 3. The van der Waals surface area contributed by atoms with Gasteiger partial charge in [-0.05, 0) is 114 Å². The van der Waals surface area contributed by atoms with Crippen LogP contribution >= 0.6 is 0 Å². The van der Waals surface area contributed by atoms with Gasteiger partial charge in [0.1, 0.15) is 43.2 Å². The summed E-state index contributed by atoms with van der Waals surface area (Å²) in [5.41, 5.74) is 2.00. The van der Waals surface area contributed by atoms with E-state index in [-0.39, 0.29) is 62.9 Å². The lowest BCUT2D eigenvalue weighted by atomic mass is 9.79. The molecule has 0 aromatic heterocycles. The normalized spacial score (nSPS) is 33.6. The zero-order valence-electron chi connectivity index (χ0n) is 54.9. The molecule has 0 unspecified atom stereocenters. The molecule has 7 aliphatic heterocycles. The smallest absolute Gasteiger partial charge is 0.397 e. The Kier molecular flexibility index (Phi) is 29.2. The van der Waals surface area contributed by atoms with Gasteiger partial charge in [-0.15, -0.1) is 0 Å². The molecule has 0 aliphatic carbocycles. The van der Waals surface area contributed by atoms with Gasteiger partial charge in [0, 0.05) is 57.4 Å². The molecule has 21 atom stereocenters. The van der Waals surface area contributed by atoms with Crippen LogP contribution in [-0.4, -0.2) is 221 Å². The van der Waals surface area contributed by atoms with Gasteiger partial charge in [0.25, 0.3) is 0 Å². The molecule has 0 radical (unpaired) electrons. The van der Waals surface area contributed by atoms with E-state index in [4.69, 9.17) is 51.7 Å². The first kappa shape index (κ1) is 78.4. The van der Waals surface area contributed by atoms with Crippen molar-refractivity contribution in [3.05, 3.63) is 71.9 Å². The van der Waals surface area contributed by atoms with Gasteiger partial charge in [0.15, 0.2) is 17.7 Å². The first-order valence-corrected chi connectivity index (χ1v) is 35.8. The number of rotatable bonds is 32. The highest BCUT2D eigenvalue weighted by Crippen LogP contribution is 2.48. The topological polar surface area (TPSA) is 415 Å². The number of esters is 2. The number of hydrogen-bond acceptors (Lipinski definition) is 25. The third kappa shape index (κ3) is 23.6. The van der Waals surface area contributed by atoms with Crippen molar-refractivity contribution in [2.45, 2.75) is 266 Å². The van der Waals surface area contributed by atoms with Crippen molar-refractivity contribution in [2.75, 3.05) is 33.0 Å². The molecule has 1 amide bonds. The first-order valence-electron chi connectivity index (χ1n) is 33.1. The van der Waals surface area contributed by atoms with Gasteiger partial charge in [-0.3, -0.25) is 18.7 Å². The molecule has 540 valence electrons. The number of aliphatic hydroxyl groups is 7. The standard InChI is InChI=1S/C65H101NO27S2/c1-39(15-9-8-13-29-83-56(74)17-11-7-10-16-55(73)66-36-45(67)33-49(69)60(93-95(80,81)82)51(71)38-86-94(77,78)79)37-84-62(76)50(70)34-47-20-21-54(72)65(89-47)35-40(2)31-53(90-65)41(3)18-19-46-23-27-64(88-46)28-24-52-61(92-64)57(75)44(6)59(87-52)48(68)32-43(5)58-42(4)22-26-63(91-58)25-12-14-30-85-63/h7-9,11,15,18-19,35,41-43,45-54,57-61,67-72,75H,6,10,12-14,16-17,20-34,36-38H2,1-5H3,(H,66,73)(H,77,78,79)(H,80,81,82)/b9-8+,11-7+,19-18+,39-15+/t41-,42+,43-,45+,46-,47-,48-,49-,50+,51+,52-,53-,54+,57+,58-,59-,60-,61-,63-,64+,65+/m0/s1. The molecule has 7 heterocycles. The second-order valence-corrected chi connectivity index (χ2v) is 28.8. The molecule has 0 saturated carbocycles. The first-order chi connectivity index (χ1) is 44.8. The quantitative estimate of drug-likeness (QED) is 0.0149. The Morgan fingerprint density at radius 3 is 2.32 bits per heavy atom. The monoisotopic (exact) mass is 1390 g/mol. The number of nitrogens with one attached hydrogen (secondary N) is 1. The van der Waals surface area contributed by atoms with Crippen molar-refractivity contribution >= 4 is 38.6 Å². The third-order valence-electron chi connectivity index (χ3n) is 18.6. The van der Waals surface area contributed by atoms with Crippen molar-refractivity contribution in [3.63, 3.8) is 0 Å². The maximum atomic E-state index is 13.0. The molecule has 7 aliphatic rings. The molecule has 7 rings (SSSR count). The molecule has 10 N–H and O–H groups in total. The SMILES string of the molecule is C=C1[C@@H](O)[C@H]2O[C@@]3(CC[C@@H]2O[C@@H]1[C@@H](O)C[C@H](C)[C@H]1O[C@@]2(CCCCO2)CC[C@H]1C)CC[C@H](/C=C/[C@H](C)[C@@H]1CC(C)=C[C@@]2(O[C@H](C[C@@H](O)C(=O)OC/C(C)=C/C=C/CCOC(=O)C/C=C/CCC(=O)NC[C@H](O)C[C@H](O)[C@H](OS(=O)(=O)O)[C@H](O)COS(=O)(=O)O)CC[C@H]2O)O1)O3. The zero-order chi connectivity index (χ0) is 69.5. The Morgan fingerprint density at radius 1 is 0.842 bits per heavy atom. The van der Waals surface area contributed by atoms with Crippen LogP contribution in [0.15, 0.2) is 71.9 Å². The maximum absolute atomic E-state index is 13.0. The average Bonchev–Trinajstić information content (AvgIpc) is 1.69. The third-order valence-corrected chi connectivity index (χ3v) is 19.5. The van der Waals surface area contributed by atoms with E-state index in [2.05, 4.69) is 34.1 Å². The van der Waals surface area contributed by atoms with E-state index in [1.807, 2.05) is 26.0 Å². The van der Waals surface area contributed by atoms with Crippen molar-refractivity contribution < 1.29 is 127 Å². The van der Waals surface area contributed by atoms with Crippen LogP contribution in [0.4, 0.5) is 0 Å². The van der Waals surface area contributed by atoms with Crippen LogP contribution < -0.4 is 5.32 Å². The van der Waals surface area contributed by atoms with E-state index in [0.29, 0.717) is 81.5 Å². The van der Waals surface area contributed by atoms with Crippen LogP contribution in [0, 0.1) is 17.8 Å². The van der Waals surface area contributed by atoms with Gasteiger partial charge < -0.3 is 83.7 Å². The molecule has 0 bridgehead atoms. The summed E-state index contributed by atoms with van der Waals surface area (Å²) in [6.07, 6.45) is 6.61. The zero-order valence-corrected chi connectivity index (χ0v) is 56.5. The van der Waals surface area contributed by atoms with Gasteiger partial charge in [-0.1, -0.05) is 75.5 Å². The lowest BCUT2D eigenvalue weighted by Crippen LogP contribution is -2.60. The minimum absolute atomic E-state index is 0.0142. The summed E-state index contributed by atoms with van der Waals surface area (Å²) in [4.78, 5) is 37.4. The number of amides is 1. The van der Waals surface area contributed by atoms with Gasteiger partial charge in [0.05, 0.1) is 75.1 Å². The number of hydrogen-bond donors (Lipinski definition) is 10. The summed E-state index contributed by atoms with van der Waals surface area (Å²) in [6, 6.07) is 0. The summed E-state index contributed by atoms with van der Waals surface area (Å²) in [7, 11) is -10.4. The van der Waals surface area contributed by atoms with E-state index >= 15 is 0 Å². The molecular formula is C65H101NO27S2. The molecule has 0 aromatic rings. The van der Waals surface area contributed by atoms with Crippen LogP contribution in [-0.2, 0) is 86.2 Å². The highest BCUT2D eigenvalue weighted by atomic mass is 32.3. The molecular weight excluding hydrogens is 1290 g/mol. The number of carbonyl (C=O) groups is 3. The van der Waals surface area contributed by atoms with Crippen molar-refractivity contribution in [3.8, 4) is 0 Å². The highest BCUT2D eigenvalue weighted by molar-refractivity contribution is 7.81. The Bertz CT molecular complexity index is 2930. The molecule has 0 aromatic carbocycles. The Labute approximate surface area is 556 Å². The fourth-order valence-corrected chi connectivity index (χ4v) is 14.3. The number of fused-ring (bicyclic) bond motifs is 1. The summed E-state index contributed by atoms with van der Waals surface area (Å²) < 4.78 is 126. The average molecular weight is 1390 g/mol. The van der Waals surface area contributed by atoms with Crippen molar-refractivity contribution in [1.82, 2.24) is 5.32 Å². The maximum Gasteiger partial charge on any atom is 0.397 e. The lowest BCUT2D eigenvalue weighted by molar-refractivity contribution is -0.320. The Morgan fingerprint density at radius 2 is 1.59 bits per heavy atom. The molecule has 6 saturated heterocycles. The van der Waals surface area contributed by atoms with Gasteiger partial charge in [-0.2, -0.15) is 16.8 Å². The molecule has 95 heavy (non-hydrogen) atoms. The number of aliphatic hydroxyl groups excluding tert-OH is 7. The van der Waals surface area contributed by atoms with Crippen molar-refractivity contribution in [1.29, 1.82) is 0 Å². The van der Waals surface area contributed by atoms with Gasteiger partial charge in [-0.25, -0.2) is 13.2 Å². The van der Waals surface area contributed by atoms with E-state index in [1.165, 1.54) is 6.08 Å². The number of carbonyl (C=O) groups excluding carboxylic acids is 3. The Hall–Kier alpha value is -3.97. The van der Waals surface area contributed by atoms with E-state index in [1.54, 1.807) is 37.3 Å². The summed E-state index contributed by atoms with van der Waals surface area (Å²) in [5, 5.41) is 78.5. The van der Waals surface area contributed by atoms with Gasteiger partial charge >= 0.3 is 32.7 Å². The Balaban J connectivity index is 0.758. The van der Waals surface area contributed by atoms with Crippen LogP contribution in [0.2, 0.25) is 0 Å². The molecule has 6 fully saturated rings. The second-order valence-electron chi connectivity index (χ2n) is 26.6. The van der Waals surface area contributed by atoms with Crippen LogP contribution in [0.1, 0.15) is 157 Å². The van der Waals surface area contributed by atoms with E-state index in [9.17, 15) is 67.0 Å². The minimum Gasteiger partial charge on any atom is -0.465 e. The highest BCUT2D eigenvalue weighted by Gasteiger charge is 2.55. The molecule has 3 spiro atoms. The van der Waals surface area contributed by atoms with Crippen LogP contribution in [0.3, 0.4) is 0 Å². The minimum atomic E-state index is -5.30. The summed E-state index contributed by atoms with van der Waals surface area (Å²) >= 11 is 0. The van der Waals surface area contributed by atoms with E-state index in [0.717, 1.165) is 37.7 Å². The second kappa shape index (κ2) is 35.4. The predicted molar refractivity (Wildman–Crippen MR) is 337 cm³/mol. The summed E-state index contributed by atoms with van der Waals surface area (Å²) in [6.45, 7) is 13.1. The van der Waals surface area contributed by atoms with E-state index < -0.39 is 155 Å². The largest absolute Gasteiger partial charge is 0.465 e. The van der Waals surface area contributed by atoms with Gasteiger partial charge in [0.2, 0.25) is 11.7 Å². The fourth-order valence-electron chi connectivity index (χ4n) is 13.4. The molecule has 28 nitrogen and oxygen atoms in total. The van der Waals surface area contributed by atoms with Crippen LogP contribution in [0.5, 0.6) is 0 Å². The lowest BCUT2D eigenvalue weighted by Gasteiger charge is -2.50. The van der Waals surface area contributed by atoms with Crippen molar-refractivity contribution in [2.24, 2.45) is 17.8 Å². The van der Waals surface area contributed by atoms with Crippen LogP contribution in [0.25, 0.3) is 0 Å². The summed E-state index contributed by atoms with van der Waals surface area (Å²) in [5.74, 6) is -4.72. The molecule has 30 heteroatoms. The fraction of sp³-hybridized carbons (Fsp3) is 0.769. The number of ether oxygens (including phenoxy) is 9. The predicted octanol–water partition coefficient (Wildman–Crippen LogP) is 4.04.